The van der Waals surface area contributed by atoms with Gasteiger partial charge < -0.3 is 15.4 Å². The Morgan fingerprint density at radius 1 is 1.03 bits per heavy atom. The average molecular weight is 463 g/mol. The number of rotatable bonds is 6. The summed E-state index contributed by atoms with van der Waals surface area (Å²) in [7, 11) is 1.81. The van der Waals surface area contributed by atoms with Crippen molar-refractivity contribution in [1.29, 1.82) is 0 Å². The Morgan fingerprint density at radius 2 is 1.82 bits per heavy atom. The Bertz CT molecular complexity index is 1340. The third-order valence-corrected chi connectivity index (χ3v) is 6.14. The van der Waals surface area contributed by atoms with E-state index in [0.29, 0.717) is 21.8 Å². The molecule has 0 aliphatic heterocycles. The second-order valence-electron chi connectivity index (χ2n) is 7.53. The fraction of sp³-hybridized carbons (Fsp3) is 0.167. The number of para-hydroxylation sites is 1. The van der Waals surface area contributed by atoms with E-state index < -0.39 is 18.5 Å². The lowest BCUT2D eigenvalue weighted by molar-refractivity contribution is -0.119. The van der Waals surface area contributed by atoms with Crippen LogP contribution in [-0.4, -0.2) is 34.2 Å². The normalized spacial score (nSPS) is 10.8. The van der Waals surface area contributed by atoms with Crippen molar-refractivity contribution in [2.24, 2.45) is 7.05 Å². The van der Waals surface area contributed by atoms with Crippen LogP contribution in [0.25, 0.3) is 10.2 Å². The van der Waals surface area contributed by atoms with Crippen LogP contribution in [0.4, 0.5) is 11.4 Å². The SMILES string of the molecule is Cc1cccc(NC(=O)c2ccccc2NC(=O)COC(=O)c2cc3c(C)nn(C)c3s2)c1. The van der Waals surface area contributed by atoms with E-state index in [1.54, 1.807) is 48.1 Å². The highest BCUT2D eigenvalue weighted by molar-refractivity contribution is 7.20. The van der Waals surface area contributed by atoms with Crippen LogP contribution in [0.15, 0.2) is 54.6 Å². The van der Waals surface area contributed by atoms with Crippen molar-refractivity contribution in [1.82, 2.24) is 9.78 Å². The molecule has 2 N–H and O–H groups in total. The van der Waals surface area contributed by atoms with Crippen LogP contribution in [0, 0.1) is 13.8 Å². The number of ether oxygens (including phenoxy) is 1. The van der Waals surface area contributed by atoms with E-state index in [4.69, 9.17) is 4.74 Å². The lowest BCUT2D eigenvalue weighted by Gasteiger charge is -2.12. The van der Waals surface area contributed by atoms with Crippen LogP contribution >= 0.6 is 11.3 Å². The maximum Gasteiger partial charge on any atom is 0.348 e. The Labute approximate surface area is 194 Å². The van der Waals surface area contributed by atoms with Gasteiger partial charge >= 0.3 is 5.97 Å². The van der Waals surface area contributed by atoms with Crippen LogP contribution in [0.5, 0.6) is 0 Å². The third-order valence-electron chi connectivity index (χ3n) is 4.95. The number of carbonyl (C=O) groups excluding carboxylic acids is 3. The first-order valence-electron chi connectivity index (χ1n) is 10.2. The first kappa shape index (κ1) is 22.2. The molecule has 8 nitrogen and oxygen atoms in total. The van der Waals surface area contributed by atoms with E-state index >= 15 is 0 Å². The monoisotopic (exact) mass is 462 g/mol. The van der Waals surface area contributed by atoms with E-state index in [1.807, 2.05) is 32.0 Å². The zero-order valence-corrected chi connectivity index (χ0v) is 19.2. The van der Waals surface area contributed by atoms with E-state index in [1.165, 1.54) is 11.3 Å². The van der Waals surface area contributed by atoms with E-state index in [-0.39, 0.29) is 5.91 Å². The van der Waals surface area contributed by atoms with Crippen LogP contribution in [0.1, 0.15) is 31.3 Å². The number of carbonyl (C=O) groups is 3. The zero-order valence-electron chi connectivity index (χ0n) is 18.3. The number of aryl methyl sites for hydroxylation is 3. The Morgan fingerprint density at radius 3 is 2.58 bits per heavy atom. The number of benzene rings is 2. The van der Waals surface area contributed by atoms with Gasteiger partial charge in [0.15, 0.2) is 6.61 Å². The summed E-state index contributed by atoms with van der Waals surface area (Å²) in [4.78, 5) is 38.8. The van der Waals surface area contributed by atoms with Crippen LogP contribution in [-0.2, 0) is 16.6 Å². The molecule has 2 aromatic carbocycles. The van der Waals surface area contributed by atoms with Crippen molar-refractivity contribution in [3.63, 3.8) is 0 Å². The van der Waals surface area contributed by atoms with Gasteiger partial charge in [0.05, 0.1) is 16.9 Å². The van der Waals surface area contributed by atoms with Gasteiger partial charge in [0.2, 0.25) is 0 Å². The summed E-state index contributed by atoms with van der Waals surface area (Å²) in [6.07, 6.45) is 0. The molecule has 9 heteroatoms. The van der Waals surface area contributed by atoms with Gasteiger partial charge in [-0.1, -0.05) is 24.3 Å². The zero-order chi connectivity index (χ0) is 23.5. The molecule has 0 bridgehead atoms. The summed E-state index contributed by atoms with van der Waals surface area (Å²) in [5, 5.41) is 10.7. The smallest absolute Gasteiger partial charge is 0.348 e. The average Bonchev–Trinajstić information content (AvgIpc) is 3.34. The van der Waals surface area contributed by atoms with Gasteiger partial charge in [0, 0.05) is 18.1 Å². The molecule has 168 valence electrons. The maximum atomic E-state index is 12.7. The minimum absolute atomic E-state index is 0.297. The summed E-state index contributed by atoms with van der Waals surface area (Å²) in [6, 6.07) is 15.8. The van der Waals surface area contributed by atoms with E-state index in [9.17, 15) is 14.4 Å². The van der Waals surface area contributed by atoms with Gasteiger partial charge in [0.25, 0.3) is 11.8 Å². The van der Waals surface area contributed by atoms with Crippen molar-refractivity contribution >= 4 is 50.7 Å². The van der Waals surface area contributed by atoms with Crippen LogP contribution < -0.4 is 10.6 Å². The molecule has 4 aromatic rings. The molecule has 0 radical (unpaired) electrons. The standard InChI is InChI=1S/C24H22N4O4S/c1-14-7-6-8-16(11-14)25-22(30)17-9-4-5-10-19(17)26-21(29)13-32-24(31)20-12-18-15(2)27-28(3)23(18)33-20/h4-12H,13H2,1-3H3,(H,25,30)(H,26,29). The molecule has 0 aliphatic rings. The Hall–Kier alpha value is -3.98. The second kappa shape index (κ2) is 9.25. The lowest BCUT2D eigenvalue weighted by atomic mass is 10.1. The predicted molar refractivity (Wildman–Crippen MR) is 128 cm³/mol. The summed E-state index contributed by atoms with van der Waals surface area (Å²) in [5.74, 6) is -1.49. The van der Waals surface area contributed by atoms with Crippen molar-refractivity contribution in [2.75, 3.05) is 17.2 Å². The molecule has 0 saturated heterocycles. The minimum Gasteiger partial charge on any atom is -0.451 e. The molecular weight excluding hydrogens is 440 g/mol. The van der Waals surface area contributed by atoms with Crippen molar-refractivity contribution in [2.45, 2.75) is 13.8 Å². The quantitative estimate of drug-likeness (QED) is 0.416. The molecular formula is C24H22N4O4S. The lowest BCUT2D eigenvalue weighted by Crippen LogP contribution is -2.23. The molecule has 2 aromatic heterocycles. The van der Waals surface area contributed by atoms with Crippen molar-refractivity contribution in [3.8, 4) is 0 Å². The number of hydrogen-bond donors (Lipinski definition) is 2. The first-order chi connectivity index (χ1) is 15.8. The van der Waals surface area contributed by atoms with Gasteiger partial charge in [-0.25, -0.2) is 4.79 Å². The molecule has 33 heavy (non-hydrogen) atoms. The molecule has 0 unspecified atom stereocenters. The molecule has 2 amide bonds. The van der Waals surface area contributed by atoms with Gasteiger partial charge in [-0.2, -0.15) is 5.10 Å². The van der Waals surface area contributed by atoms with Crippen molar-refractivity contribution in [3.05, 3.63) is 76.3 Å². The summed E-state index contributed by atoms with van der Waals surface area (Å²) in [5.41, 5.74) is 3.12. The van der Waals surface area contributed by atoms with Crippen LogP contribution in [0.2, 0.25) is 0 Å². The highest BCUT2D eigenvalue weighted by atomic mass is 32.1. The topological polar surface area (TPSA) is 102 Å². The molecule has 0 aliphatic carbocycles. The first-order valence-corrected chi connectivity index (χ1v) is 11.0. The summed E-state index contributed by atoms with van der Waals surface area (Å²) in [6.45, 7) is 3.32. The number of aromatic nitrogens is 2. The number of fused-ring (bicyclic) bond motifs is 1. The summed E-state index contributed by atoms with van der Waals surface area (Å²) < 4.78 is 6.89. The molecule has 0 atom stereocenters. The minimum atomic E-state index is -0.587. The summed E-state index contributed by atoms with van der Waals surface area (Å²) >= 11 is 1.26. The van der Waals surface area contributed by atoms with Crippen molar-refractivity contribution < 1.29 is 19.1 Å². The molecule has 2 heterocycles. The number of esters is 1. The predicted octanol–water partition coefficient (Wildman–Crippen LogP) is 4.30. The number of hydrogen-bond acceptors (Lipinski definition) is 6. The van der Waals surface area contributed by atoms with E-state index in [2.05, 4.69) is 15.7 Å². The fourth-order valence-corrected chi connectivity index (χ4v) is 4.42. The number of amides is 2. The maximum absolute atomic E-state index is 12.7. The Kier molecular flexibility index (Phi) is 6.23. The Balaban J connectivity index is 1.39. The molecule has 4 rings (SSSR count). The number of thiophene rings is 1. The van der Waals surface area contributed by atoms with E-state index in [0.717, 1.165) is 21.5 Å². The molecule has 0 saturated carbocycles. The second-order valence-corrected chi connectivity index (χ2v) is 8.56. The highest BCUT2D eigenvalue weighted by Crippen LogP contribution is 2.28. The molecule has 0 fully saturated rings. The number of anilines is 2. The largest absolute Gasteiger partial charge is 0.451 e. The number of nitrogens with one attached hydrogen (secondary N) is 2. The van der Waals surface area contributed by atoms with Gasteiger partial charge in [-0.3, -0.25) is 14.3 Å². The van der Waals surface area contributed by atoms with Gasteiger partial charge in [-0.15, -0.1) is 11.3 Å². The van der Waals surface area contributed by atoms with Crippen LogP contribution in [0.3, 0.4) is 0 Å². The van der Waals surface area contributed by atoms with Gasteiger partial charge in [0.1, 0.15) is 9.71 Å². The number of nitrogens with zero attached hydrogens (tertiary/aromatic N) is 2. The molecule has 0 spiro atoms. The fourth-order valence-electron chi connectivity index (χ4n) is 3.41. The highest BCUT2D eigenvalue weighted by Gasteiger charge is 2.18. The van der Waals surface area contributed by atoms with Gasteiger partial charge in [-0.05, 0) is 49.7 Å². The third kappa shape index (κ3) is 4.93.